The minimum atomic E-state index is 0.0295. The second kappa shape index (κ2) is 5.98. The first-order valence-corrected chi connectivity index (χ1v) is 8.42. The van der Waals surface area contributed by atoms with E-state index in [0.29, 0.717) is 11.5 Å². The number of ether oxygens (including phenoxy) is 1. The number of rotatable bonds is 3. The number of aryl methyl sites for hydroxylation is 2. The van der Waals surface area contributed by atoms with Gasteiger partial charge in [0, 0.05) is 12.2 Å². The van der Waals surface area contributed by atoms with E-state index >= 15 is 0 Å². The van der Waals surface area contributed by atoms with E-state index in [0.717, 1.165) is 42.0 Å². The molecular weight excluding hydrogens is 329 g/mol. The van der Waals surface area contributed by atoms with Gasteiger partial charge >= 0.3 is 0 Å². The molecule has 3 aromatic rings. The van der Waals surface area contributed by atoms with E-state index in [-0.39, 0.29) is 17.3 Å². The van der Waals surface area contributed by atoms with Crippen molar-refractivity contribution in [3.05, 3.63) is 35.6 Å². The molecule has 0 N–H and O–H groups in total. The highest BCUT2D eigenvalue weighted by Crippen LogP contribution is 2.39. The van der Waals surface area contributed by atoms with E-state index in [9.17, 15) is 3.89 Å². The summed E-state index contributed by atoms with van der Waals surface area (Å²) in [4.78, 5) is 10.6. The molecule has 1 aliphatic heterocycles. The quantitative estimate of drug-likeness (QED) is 0.647. The van der Waals surface area contributed by atoms with Crippen molar-refractivity contribution in [1.82, 2.24) is 9.97 Å². The Kier molecular flexibility index (Phi) is 3.80. The molecule has 124 valence electrons. The van der Waals surface area contributed by atoms with Crippen LogP contribution in [0.5, 0.6) is 5.75 Å². The summed E-state index contributed by atoms with van der Waals surface area (Å²) < 4.78 is 24.0. The van der Waals surface area contributed by atoms with Crippen molar-refractivity contribution in [2.75, 3.05) is 18.6 Å². The lowest BCUT2D eigenvalue weighted by Crippen LogP contribution is -2.25. The van der Waals surface area contributed by atoms with Gasteiger partial charge in [0.05, 0.1) is 12.5 Å². The third-order valence-corrected chi connectivity index (χ3v) is 4.53. The van der Waals surface area contributed by atoms with Crippen LogP contribution in [0.2, 0.25) is 0 Å². The van der Waals surface area contributed by atoms with Gasteiger partial charge in [0.15, 0.2) is 0 Å². The molecule has 5 nitrogen and oxygen atoms in total. The molecule has 1 aliphatic rings. The number of furan rings is 1. The maximum absolute atomic E-state index is 13.1. The number of methoxy groups -OCH3 is 1. The number of aromatic nitrogens is 2. The summed E-state index contributed by atoms with van der Waals surface area (Å²) in [5.74, 6) is 2.25. The van der Waals surface area contributed by atoms with Crippen molar-refractivity contribution in [3.63, 3.8) is 0 Å². The Labute approximate surface area is 143 Å². The van der Waals surface area contributed by atoms with Crippen LogP contribution in [0.3, 0.4) is 0 Å². The Bertz CT molecular complexity index is 912. The number of fused-ring (bicyclic) bond motifs is 2. The molecule has 0 saturated heterocycles. The summed E-state index contributed by atoms with van der Waals surface area (Å²) in [5.41, 5.74) is 2.68. The third kappa shape index (κ3) is 2.49. The maximum atomic E-state index is 13.1. The predicted molar refractivity (Wildman–Crippen MR) is 91.8 cm³/mol. The van der Waals surface area contributed by atoms with Gasteiger partial charge in [-0.2, -0.15) is 8.87 Å². The first kappa shape index (κ1) is 15.3. The molecule has 0 saturated carbocycles. The van der Waals surface area contributed by atoms with E-state index in [4.69, 9.17) is 9.15 Å². The number of benzene rings is 1. The van der Waals surface area contributed by atoms with Crippen molar-refractivity contribution >= 4 is 34.8 Å². The fourth-order valence-electron chi connectivity index (χ4n) is 3.17. The topological polar surface area (TPSA) is 51.4 Å². The first-order valence-electron chi connectivity index (χ1n) is 7.71. The Morgan fingerprint density at radius 3 is 2.96 bits per heavy atom. The Balaban J connectivity index is 1.90. The molecule has 1 aromatic carbocycles. The summed E-state index contributed by atoms with van der Waals surface area (Å²) in [7, 11) is 1.66. The molecule has 0 amide bonds. The first-order chi connectivity index (χ1) is 11.7. The number of hydrogen-bond donors (Lipinski definition) is 0. The summed E-state index contributed by atoms with van der Waals surface area (Å²) in [6, 6.07) is 7.90. The van der Waals surface area contributed by atoms with E-state index in [1.54, 1.807) is 7.11 Å². The van der Waals surface area contributed by atoms with Crippen LogP contribution in [0, 0.1) is 6.92 Å². The summed E-state index contributed by atoms with van der Waals surface area (Å²) in [5, 5.41) is 0.862. The Morgan fingerprint density at radius 1 is 1.29 bits per heavy atom. The normalized spacial score (nSPS) is 14.0. The van der Waals surface area contributed by atoms with Crippen molar-refractivity contribution in [2.24, 2.45) is 0 Å². The fraction of sp³-hybridized carbons (Fsp3) is 0.294. The lowest BCUT2D eigenvalue weighted by atomic mass is 10.0. The maximum Gasteiger partial charge on any atom is 0.232 e. The Hall–Kier alpha value is -2.28. The van der Waals surface area contributed by atoms with Crippen LogP contribution in [0.25, 0.3) is 11.1 Å². The highest BCUT2D eigenvalue weighted by molar-refractivity contribution is 7.94. The van der Waals surface area contributed by atoms with Gasteiger partial charge in [-0.15, -0.1) is 0 Å². The molecule has 0 atom stereocenters. The van der Waals surface area contributed by atoms with Crippen molar-refractivity contribution in [3.8, 4) is 5.75 Å². The molecule has 0 bridgehead atoms. The third-order valence-electron chi connectivity index (χ3n) is 4.21. The van der Waals surface area contributed by atoms with Crippen molar-refractivity contribution < 1.29 is 13.0 Å². The van der Waals surface area contributed by atoms with Crippen LogP contribution in [0.4, 0.5) is 15.4 Å². The zero-order valence-electron chi connectivity index (χ0n) is 13.4. The molecule has 24 heavy (non-hydrogen) atoms. The highest BCUT2D eigenvalue weighted by atomic mass is 32.2. The zero-order chi connectivity index (χ0) is 16.7. The van der Waals surface area contributed by atoms with Gasteiger partial charge < -0.3 is 14.1 Å². The van der Waals surface area contributed by atoms with Crippen LogP contribution < -0.4 is 9.64 Å². The highest BCUT2D eigenvalue weighted by Gasteiger charge is 2.24. The minimum absolute atomic E-state index is 0.0295. The molecule has 0 fully saturated rings. The number of halogens is 1. The van der Waals surface area contributed by atoms with Crippen molar-refractivity contribution in [2.45, 2.75) is 24.9 Å². The average molecular weight is 345 g/mol. The van der Waals surface area contributed by atoms with Crippen molar-refractivity contribution in [1.29, 1.82) is 0 Å². The molecule has 3 heterocycles. The fourth-order valence-corrected chi connectivity index (χ4v) is 3.41. The molecule has 0 unspecified atom stereocenters. The molecule has 4 rings (SSSR count). The lowest BCUT2D eigenvalue weighted by molar-refractivity contribution is 0.414. The number of anilines is 2. The minimum Gasteiger partial charge on any atom is -0.497 e. The van der Waals surface area contributed by atoms with Gasteiger partial charge in [0.25, 0.3) is 0 Å². The second-order valence-corrected chi connectivity index (χ2v) is 6.25. The largest absolute Gasteiger partial charge is 0.497 e. The van der Waals surface area contributed by atoms with Gasteiger partial charge in [-0.05, 0) is 49.6 Å². The lowest BCUT2D eigenvalue weighted by Gasteiger charge is -2.31. The summed E-state index contributed by atoms with van der Waals surface area (Å²) >= 11 is 0.0295. The molecule has 0 radical (unpaired) electrons. The smallest absolute Gasteiger partial charge is 0.232 e. The Morgan fingerprint density at radius 2 is 2.17 bits per heavy atom. The van der Waals surface area contributed by atoms with E-state index in [1.165, 1.54) is 5.56 Å². The zero-order valence-corrected chi connectivity index (χ0v) is 14.2. The van der Waals surface area contributed by atoms with Gasteiger partial charge in [0.2, 0.25) is 10.9 Å². The summed E-state index contributed by atoms with van der Waals surface area (Å²) in [6.07, 6.45) is 1.97. The second-order valence-electron chi connectivity index (χ2n) is 5.73. The van der Waals surface area contributed by atoms with E-state index < -0.39 is 0 Å². The molecule has 7 heteroatoms. The van der Waals surface area contributed by atoms with Gasteiger partial charge in [0.1, 0.15) is 29.5 Å². The predicted octanol–water partition coefficient (Wildman–Crippen LogP) is 4.60. The van der Waals surface area contributed by atoms with Crippen LogP contribution in [0.1, 0.15) is 17.7 Å². The van der Waals surface area contributed by atoms with E-state index in [1.807, 2.05) is 31.2 Å². The molecule has 0 aliphatic carbocycles. The van der Waals surface area contributed by atoms with Gasteiger partial charge in [-0.3, -0.25) is 0 Å². The summed E-state index contributed by atoms with van der Waals surface area (Å²) in [6.45, 7) is 2.66. The monoisotopic (exact) mass is 345 g/mol. The van der Waals surface area contributed by atoms with E-state index in [2.05, 4.69) is 14.9 Å². The van der Waals surface area contributed by atoms with Crippen LogP contribution in [0.15, 0.2) is 33.8 Å². The SMILES string of the molecule is COc1ccc2c(c1)CCCN2c1nc(SF)nc2oc(C)cc12. The van der Waals surface area contributed by atoms with Gasteiger partial charge in [-0.1, -0.05) is 0 Å². The van der Waals surface area contributed by atoms with Crippen LogP contribution in [-0.2, 0) is 6.42 Å². The molecular formula is C17H16FN3O2S. The standard InChI is InChI=1S/C17H16FN3O2S/c1-10-8-13-15(19-17(24-18)20-16(13)23-10)21-7-3-4-11-9-12(22-2)5-6-14(11)21/h5-6,8-9H,3-4,7H2,1-2H3. The van der Waals surface area contributed by atoms with Crippen LogP contribution in [-0.4, -0.2) is 23.6 Å². The van der Waals surface area contributed by atoms with Gasteiger partial charge in [-0.25, -0.2) is 4.98 Å². The number of nitrogens with zero attached hydrogens (tertiary/aromatic N) is 3. The average Bonchev–Trinajstić information content (AvgIpc) is 2.99. The molecule has 0 spiro atoms. The van der Waals surface area contributed by atoms with Crippen LogP contribution >= 0.6 is 12.1 Å². The molecule has 2 aromatic heterocycles. The number of hydrogen-bond acceptors (Lipinski definition) is 6.